The van der Waals surface area contributed by atoms with Gasteiger partial charge in [0.15, 0.2) is 0 Å². The minimum absolute atomic E-state index is 0.0284. The summed E-state index contributed by atoms with van der Waals surface area (Å²) in [6.45, 7) is 0.732. The largest absolute Gasteiger partial charge is 0.367 e. The number of hydrogen-bond donors (Lipinski definition) is 1. The van der Waals surface area contributed by atoms with Gasteiger partial charge in [-0.3, -0.25) is 4.79 Å². The van der Waals surface area contributed by atoms with Gasteiger partial charge < -0.3 is 15.0 Å². The van der Waals surface area contributed by atoms with Crippen molar-refractivity contribution in [3.8, 4) is 0 Å². The van der Waals surface area contributed by atoms with E-state index in [1.54, 1.807) is 30.3 Å². The molecule has 7 nitrogen and oxygen atoms in total. The SMILES string of the molecule is CN(C)C(c1cccs1)C1CCC(NC(=O)COC2CCCN(S(=O)(=O)c3ccccc3)C2)CC1. The summed E-state index contributed by atoms with van der Waals surface area (Å²) in [5.74, 6) is 0.478. The number of ether oxygens (including phenoxy) is 1. The van der Waals surface area contributed by atoms with Crippen LogP contribution >= 0.6 is 11.3 Å². The van der Waals surface area contributed by atoms with Crippen LogP contribution in [0.2, 0.25) is 0 Å². The number of nitrogens with one attached hydrogen (secondary N) is 1. The van der Waals surface area contributed by atoms with Crippen molar-refractivity contribution >= 4 is 27.3 Å². The highest BCUT2D eigenvalue weighted by Gasteiger charge is 2.32. The molecule has 2 unspecified atom stereocenters. The van der Waals surface area contributed by atoms with Crippen LogP contribution in [-0.2, 0) is 19.6 Å². The topological polar surface area (TPSA) is 79.0 Å². The number of rotatable bonds is 9. The fraction of sp³-hybridized carbons (Fsp3) is 0.577. The summed E-state index contributed by atoms with van der Waals surface area (Å²) in [5.41, 5.74) is 0. The van der Waals surface area contributed by atoms with Crippen LogP contribution in [0.4, 0.5) is 0 Å². The summed E-state index contributed by atoms with van der Waals surface area (Å²) in [7, 11) is 0.751. The van der Waals surface area contributed by atoms with Crippen molar-refractivity contribution in [3.05, 3.63) is 52.7 Å². The second-order valence-electron chi connectivity index (χ2n) is 9.85. The van der Waals surface area contributed by atoms with Crippen LogP contribution in [0.15, 0.2) is 52.7 Å². The third kappa shape index (κ3) is 6.71. The monoisotopic (exact) mass is 519 g/mol. The van der Waals surface area contributed by atoms with E-state index in [0.717, 1.165) is 38.5 Å². The van der Waals surface area contributed by atoms with Crippen molar-refractivity contribution in [2.45, 2.75) is 61.6 Å². The number of carbonyl (C=O) groups excluding carboxylic acids is 1. The van der Waals surface area contributed by atoms with Crippen molar-refractivity contribution in [1.29, 1.82) is 0 Å². The zero-order valence-electron chi connectivity index (χ0n) is 20.6. The minimum atomic E-state index is -3.54. The van der Waals surface area contributed by atoms with Crippen molar-refractivity contribution in [3.63, 3.8) is 0 Å². The predicted octanol–water partition coefficient (Wildman–Crippen LogP) is 3.90. The van der Waals surface area contributed by atoms with E-state index in [2.05, 4.69) is 41.8 Å². The van der Waals surface area contributed by atoms with Gasteiger partial charge in [0.05, 0.1) is 11.0 Å². The molecule has 0 bridgehead atoms. The Bertz CT molecular complexity index is 1040. The number of amides is 1. The quantitative estimate of drug-likeness (QED) is 0.544. The van der Waals surface area contributed by atoms with Crippen LogP contribution in [0.1, 0.15) is 49.4 Å². The lowest BCUT2D eigenvalue weighted by molar-refractivity contribution is -0.129. The molecule has 1 amide bonds. The molecular formula is C26H37N3O4S2. The lowest BCUT2D eigenvalue weighted by Crippen LogP contribution is -2.45. The molecule has 1 aliphatic carbocycles. The number of thiophene rings is 1. The van der Waals surface area contributed by atoms with Gasteiger partial charge in [-0.25, -0.2) is 8.42 Å². The van der Waals surface area contributed by atoms with E-state index in [-0.39, 0.29) is 31.2 Å². The molecule has 2 heterocycles. The number of nitrogens with zero attached hydrogens (tertiary/aromatic N) is 2. The third-order valence-electron chi connectivity index (χ3n) is 7.15. The van der Waals surface area contributed by atoms with E-state index in [1.165, 1.54) is 9.18 Å². The van der Waals surface area contributed by atoms with E-state index in [9.17, 15) is 13.2 Å². The molecule has 4 rings (SSSR count). The van der Waals surface area contributed by atoms with E-state index >= 15 is 0 Å². The van der Waals surface area contributed by atoms with Gasteiger partial charge in [-0.05, 0) is 82.1 Å². The maximum absolute atomic E-state index is 12.9. The lowest BCUT2D eigenvalue weighted by atomic mass is 9.80. The van der Waals surface area contributed by atoms with Crippen molar-refractivity contribution < 1.29 is 17.9 Å². The molecule has 2 atom stereocenters. The lowest BCUT2D eigenvalue weighted by Gasteiger charge is -2.37. The Balaban J connectivity index is 1.22. The van der Waals surface area contributed by atoms with E-state index < -0.39 is 10.0 Å². The van der Waals surface area contributed by atoms with Crippen LogP contribution in [0, 0.1) is 5.92 Å². The van der Waals surface area contributed by atoms with Gasteiger partial charge in [-0.1, -0.05) is 24.3 Å². The van der Waals surface area contributed by atoms with E-state index in [4.69, 9.17) is 4.74 Å². The second-order valence-corrected chi connectivity index (χ2v) is 12.8. The highest BCUT2D eigenvalue weighted by atomic mass is 32.2. The van der Waals surface area contributed by atoms with Crippen molar-refractivity contribution in [2.75, 3.05) is 33.8 Å². The summed E-state index contributed by atoms with van der Waals surface area (Å²) in [5, 5.41) is 5.28. The first-order chi connectivity index (χ1) is 16.8. The fourth-order valence-corrected chi connectivity index (χ4v) is 7.96. The molecule has 1 aromatic heterocycles. The fourth-order valence-electron chi connectivity index (χ4n) is 5.41. The number of hydrogen-bond acceptors (Lipinski definition) is 6. The molecule has 0 radical (unpaired) electrons. The molecule has 0 spiro atoms. The van der Waals surface area contributed by atoms with Crippen LogP contribution in [0.5, 0.6) is 0 Å². The molecular weight excluding hydrogens is 482 g/mol. The zero-order valence-corrected chi connectivity index (χ0v) is 22.3. The molecule has 2 aromatic rings. The van der Waals surface area contributed by atoms with Crippen LogP contribution < -0.4 is 5.32 Å². The van der Waals surface area contributed by atoms with Gasteiger partial charge in [0, 0.05) is 30.1 Å². The molecule has 35 heavy (non-hydrogen) atoms. The van der Waals surface area contributed by atoms with Gasteiger partial charge >= 0.3 is 0 Å². The number of carbonyl (C=O) groups is 1. The summed E-state index contributed by atoms with van der Waals surface area (Å²) < 4.78 is 33.2. The van der Waals surface area contributed by atoms with Gasteiger partial charge in [0.2, 0.25) is 15.9 Å². The standard InChI is InChI=1S/C26H37N3O4S2/c1-28(2)26(24-11-7-17-34-24)20-12-14-21(15-13-20)27-25(30)19-33-22-8-6-16-29(18-22)35(31,32)23-9-4-3-5-10-23/h3-5,7,9-11,17,20-22,26H,6,8,12-16,18-19H2,1-2H3,(H,27,30). The Hall–Kier alpha value is -1.78. The molecule has 192 valence electrons. The van der Waals surface area contributed by atoms with E-state index in [1.807, 2.05) is 11.3 Å². The smallest absolute Gasteiger partial charge is 0.246 e. The number of sulfonamides is 1. The molecule has 2 aliphatic rings. The van der Waals surface area contributed by atoms with Gasteiger partial charge in [-0.15, -0.1) is 11.3 Å². The summed E-state index contributed by atoms with van der Waals surface area (Å²) in [6.07, 6.45) is 5.32. The summed E-state index contributed by atoms with van der Waals surface area (Å²) >= 11 is 1.82. The highest BCUT2D eigenvalue weighted by Crippen LogP contribution is 2.39. The van der Waals surface area contributed by atoms with Gasteiger partial charge in [0.25, 0.3) is 0 Å². The van der Waals surface area contributed by atoms with E-state index in [0.29, 0.717) is 23.4 Å². The molecule has 1 aliphatic heterocycles. The molecule has 1 aromatic carbocycles. The first-order valence-electron chi connectivity index (χ1n) is 12.5. The predicted molar refractivity (Wildman–Crippen MR) is 139 cm³/mol. The van der Waals surface area contributed by atoms with Crippen LogP contribution in [0.25, 0.3) is 0 Å². The van der Waals surface area contributed by atoms with Gasteiger partial charge in [0.1, 0.15) is 6.61 Å². The van der Waals surface area contributed by atoms with Crippen molar-refractivity contribution in [2.24, 2.45) is 5.92 Å². The Morgan fingerprint density at radius 2 is 1.86 bits per heavy atom. The normalized spacial score (nSPS) is 24.8. The number of benzene rings is 1. The van der Waals surface area contributed by atoms with Crippen LogP contribution in [0.3, 0.4) is 0 Å². The molecule has 1 N–H and O–H groups in total. The summed E-state index contributed by atoms with van der Waals surface area (Å²) in [4.78, 5) is 16.6. The first-order valence-corrected chi connectivity index (χ1v) is 14.8. The summed E-state index contributed by atoms with van der Waals surface area (Å²) in [6, 6.07) is 13.4. The first kappa shape index (κ1) is 26.3. The zero-order chi connectivity index (χ0) is 24.8. The molecule has 1 saturated heterocycles. The Kier molecular flexibility index (Phi) is 8.99. The highest BCUT2D eigenvalue weighted by molar-refractivity contribution is 7.89. The Morgan fingerprint density at radius 3 is 2.51 bits per heavy atom. The molecule has 2 fully saturated rings. The average Bonchev–Trinajstić information content (AvgIpc) is 3.39. The average molecular weight is 520 g/mol. The molecule has 1 saturated carbocycles. The Morgan fingerprint density at radius 1 is 1.11 bits per heavy atom. The molecule has 9 heteroatoms. The van der Waals surface area contributed by atoms with Crippen LogP contribution in [-0.4, -0.2) is 69.5 Å². The second kappa shape index (κ2) is 12.0. The van der Waals surface area contributed by atoms with Gasteiger partial charge in [-0.2, -0.15) is 4.31 Å². The Labute approximate surface area is 213 Å². The maximum Gasteiger partial charge on any atom is 0.246 e. The third-order valence-corrected chi connectivity index (χ3v) is 9.97. The van der Waals surface area contributed by atoms with Crippen molar-refractivity contribution in [1.82, 2.24) is 14.5 Å². The number of piperidine rings is 1. The maximum atomic E-state index is 12.9. The minimum Gasteiger partial charge on any atom is -0.367 e.